The van der Waals surface area contributed by atoms with Crippen molar-refractivity contribution in [3.63, 3.8) is 0 Å². The first-order chi connectivity index (χ1) is 34.0. The molecule has 5 rings (SSSR count). The van der Waals surface area contributed by atoms with Crippen molar-refractivity contribution in [2.45, 2.75) is 88.5 Å². The first kappa shape index (κ1) is 55.0. The van der Waals surface area contributed by atoms with Crippen molar-refractivity contribution < 1.29 is 42.9 Å². The molecule has 1 aromatic heterocycles. The van der Waals surface area contributed by atoms with Gasteiger partial charge < -0.3 is 60.6 Å². The molecular weight excluding hydrogens is 917 g/mol. The van der Waals surface area contributed by atoms with Crippen LogP contribution in [0.2, 0.25) is 0 Å². The number of carbonyl (C=O) groups excluding carboxylic acids is 5. The minimum absolute atomic E-state index is 0.0201. The van der Waals surface area contributed by atoms with Gasteiger partial charge in [-0.2, -0.15) is 16.7 Å². The third-order valence-corrected chi connectivity index (χ3v) is 13.1. The van der Waals surface area contributed by atoms with E-state index >= 15 is 0 Å². The average molecular weight is 989 g/mol. The lowest BCUT2D eigenvalue weighted by atomic mass is 10.0. The van der Waals surface area contributed by atoms with Gasteiger partial charge in [0.15, 0.2) is 0 Å². The first-order valence-electron chi connectivity index (χ1n) is 24.3. The molecule has 0 spiro atoms. The maximum atomic E-state index is 12.7. The van der Waals surface area contributed by atoms with E-state index in [1.165, 1.54) is 6.08 Å². The van der Waals surface area contributed by atoms with Crippen LogP contribution in [0.5, 0.6) is 5.75 Å². The second-order valence-corrected chi connectivity index (χ2v) is 18.4. The molecule has 0 unspecified atom stereocenters. The number of fused-ring (bicyclic) bond motifs is 1. The second-order valence-electron chi connectivity index (χ2n) is 17.1. The fraction of sp³-hybridized carbons (Fsp3) is 0.540. The molecular formula is C50H72N10O9S. The number of thioether (sulfide) groups is 1. The van der Waals surface area contributed by atoms with Gasteiger partial charge in [0.25, 0.3) is 0 Å². The molecule has 2 fully saturated rings. The molecule has 6 N–H and O–H groups in total. The summed E-state index contributed by atoms with van der Waals surface area (Å²) >= 11 is 1.90. The van der Waals surface area contributed by atoms with Crippen LogP contribution in [0, 0.1) is 6.92 Å². The second kappa shape index (κ2) is 30.6. The Bertz CT molecular complexity index is 2150. The van der Waals surface area contributed by atoms with Crippen LogP contribution in [0.25, 0.3) is 0 Å². The van der Waals surface area contributed by atoms with Gasteiger partial charge in [0.1, 0.15) is 11.6 Å². The van der Waals surface area contributed by atoms with Crippen molar-refractivity contribution in [3.8, 4) is 5.75 Å². The summed E-state index contributed by atoms with van der Waals surface area (Å²) in [5.41, 5.74) is 3.10. The van der Waals surface area contributed by atoms with Gasteiger partial charge in [-0.1, -0.05) is 25.1 Å². The number of rotatable bonds is 34. The molecule has 2 aliphatic heterocycles. The van der Waals surface area contributed by atoms with Gasteiger partial charge in [0.05, 0.1) is 45.1 Å². The Balaban J connectivity index is 0.801. The van der Waals surface area contributed by atoms with Gasteiger partial charge >= 0.3 is 6.03 Å². The van der Waals surface area contributed by atoms with Gasteiger partial charge in [-0.15, -0.1) is 0 Å². The van der Waals surface area contributed by atoms with E-state index in [1.807, 2.05) is 73.1 Å². The molecule has 3 aromatic rings. The fourth-order valence-corrected chi connectivity index (χ4v) is 9.28. The zero-order chi connectivity index (χ0) is 49.9. The maximum absolute atomic E-state index is 12.7. The molecule has 3 heterocycles. The van der Waals surface area contributed by atoms with E-state index in [0.29, 0.717) is 120 Å². The van der Waals surface area contributed by atoms with E-state index in [2.05, 4.69) is 43.5 Å². The number of urea groups is 1. The van der Waals surface area contributed by atoms with Crippen molar-refractivity contribution in [2.24, 2.45) is 0 Å². The Kier molecular flexibility index (Phi) is 24.0. The van der Waals surface area contributed by atoms with Crippen LogP contribution in [-0.2, 0) is 33.4 Å². The normalized spacial score (nSPS) is 15.8. The summed E-state index contributed by atoms with van der Waals surface area (Å²) in [7, 11) is 3.66. The van der Waals surface area contributed by atoms with Crippen LogP contribution in [-0.4, -0.2) is 148 Å². The Morgan fingerprint density at radius 1 is 0.814 bits per heavy atom. The van der Waals surface area contributed by atoms with E-state index in [1.54, 1.807) is 24.2 Å². The molecule has 3 atom stereocenters. The number of benzene rings is 2. The molecule has 2 aromatic carbocycles. The predicted molar refractivity (Wildman–Crippen MR) is 273 cm³/mol. The topological polar surface area (TPSA) is 227 Å². The first-order valence-corrected chi connectivity index (χ1v) is 25.3. The van der Waals surface area contributed by atoms with E-state index in [9.17, 15) is 24.0 Å². The Hall–Kier alpha value is -5.96. The number of carbonyl (C=O) groups is 5. The van der Waals surface area contributed by atoms with Crippen LogP contribution in [0.1, 0.15) is 69.8 Å². The van der Waals surface area contributed by atoms with Crippen LogP contribution >= 0.6 is 11.8 Å². The number of unbranched alkanes of at least 4 members (excludes halogenated alkanes) is 1. The van der Waals surface area contributed by atoms with Crippen molar-refractivity contribution in [1.29, 1.82) is 0 Å². The number of aryl methyl sites for hydroxylation is 1. The summed E-state index contributed by atoms with van der Waals surface area (Å²) in [6, 6.07) is 15.3. The number of nitrogens with zero attached hydrogens (tertiary/aromatic N) is 4. The van der Waals surface area contributed by atoms with Gasteiger partial charge in [-0.3, -0.25) is 19.2 Å². The summed E-state index contributed by atoms with van der Waals surface area (Å²) in [6.45, 7) is 10.3. The third-order valence-electron chi connectivity index (χ3n) is 11.6. The Labute approximate surface area is 416 Å². The molecule has 70 heavy (non-hydrogen) atoms. The number of hydrogen-bond donors (Lipinski definition) is 6. The van der Waals surface area contributed by atoms with Crippen molar-refractivity contribution in [1.82, 2.24) is 36.1 Å². The van der Waals surface area contributed by atoms with Crippen LogP contribution in [0.3, 0.4) is 0 Å². The number of amides is 6. The molecule has 0 aliphatic carbocycles. The summed E-state index contributed by atoms with van der Waals surface area (Å²) < 4.78 is 22.7. The summed E-state index contributed by atoms with van der Waals surface area (Å²) in [5.74, 6) is 2.38. The highest BCUT2D eigenvalue weighted by Gasteiger charge is 2.42. The van der Waals surface area contributed by atoms with Gasteiger partial charge in [0, 0.05) is 112 Å². The SMILES string of the molecule is C=CC(=O)Nc1cccc(N(C)c2nc(Nc3cccc(OCCCN(C)C(=O)CCCC(=O)NCCCOCCOCCOCCCNC(=O)CCCC[C@H]4SC[C@H]5NC(=O)N[C@H]54)c3)ncc2C)c1. The quantitative estimate of drug-likeness (QED) is 0.0243. The van der Waals surface area contributed by atoms with E-state index in [4.69, 9.17) is 23.9 Å². The van der Waals surface area contributed by atoms with E-state index in [0.717, 1.165) is 48.4 Å². The molecule has 0 radical (unpaired) electrons. The molecule has 6 amide bonds. The largest absolute Gasteiger partial charge is 0.493 e. The van der Waals surface area contributed by atoms with Gasteiger partial charge in [-0.25, -0.2) is 9.78 Å². The van der Waals surface area contributed by atoms with Crippen LogP contribution in [0.15, 0.2) is 67.4 Å². The maximum Gasteiger partial charge on any atom is 0.315 e. The third kappa shape index (κ3) is 19.8. The lowest BCUT2D eigenvalue weighted by molar-refractivity contribution is -0.130. The lowest BCUT2D eigenvalue weighted by Crippen LogP contribution is -2.36. The number of anilines is 5. The van der Waals surface area contributed by atoms with Gasteiger partial charge in [0.2, 0.25) is 29.6 Å². The van der Waals surface area contributed by atoms with Gasteiger partial charge in [-0.05, 0) is 81.9 Å². The summed E-state index contributed by atoms with van der Waals surface area (Å²) in [4.78, 5) is 73.3. The number of nitrogens with one attached hydrogen (secondary N) is 6. The molecule has 19 nitrogen and oxygen atoms in total. The molecule has 382 valence electrons. The smallest absolute Gasteiger partial charge is 0.315 e. The standard InChI is InChI=1S/C50H72N10O9S/c1-5-43(61)54-37-14-8-16-39(32-37)60(4)48-36(2)34-53-49(58-48)55-38-15-9-17-40(33-38)69-27-13-24-59(3)46(64)21-10-20-45(63)52-23-12-26-67-29-31-68-30-28-66-25-11-22-51-44(62)19-7-6-18-42-47-41(35-70-42)56-50(65)57-47/h5,8-9,14-17,32-34,41-42,47H,1,6-7,10-13,18-31,35H2,2-4H3,(H,51,62)(H,52,63)(H,54,61)(H,53,55,58)(H2,56,57,65)/t41-,42-,47-/m1/s1. The highest BCUT2D eigenvalue weighted by Crippen LogP contribution is 2.33. The molecule has 20 heteroatoms. The monoisotopic (exact) mass is 989 g/mol. The summed E-state index contributed by atoms with van der Waals surface area (Å²) in [6.07, 6.45) is 9.37. The number of aromatic nitrogens is 2. The average Bonchev–Trinajstić information content (AvgIpc) is 3.92. The highest BCUT2D eigenvalue weighted by molar-refractivity contribution is 8.00. The lowest BCUT2D eigenvalue weighted by Gasteiger charge is -2.21. The van der Waals surface area contributed by atoms with Crippen molar-refractivity contribution in [2.75, 3.05) is 101 Å². The zero-order valence-corrected chi connectivity index (χ0v) is 41.7. The minimum Gasteiger partial charge on any atom is -0.493 e. The minimum atomic E-state index is -0.288. The zero-order valence-electron chi connectivity index (χ0n) is 40.9. The predicted octanol–water partition coefficient (Wildman–Crippen LogP) is 5.61. The number of ether oxygens (including phenoxy) is 4. The van der Waals surface area contributed by atoms with E-state index < -0.39 is 0 Å². The molecule has 0 bridgehead atoms. The molecule has 2 aliphatic rings. The van der Waals surface area contributed by atoms with Crippen LogP contribution < -0.4 is 41.5 Å². The molecule has 2 saturated heterocycles. The Morgan fingerprint density at radius 3 is 2.23 bits per heavy atom. The fourth-order valence-electron chi connectivity index (χ4n) is 7.74. The Morgan fingerprint density at radius 2 is 1.50 bits per heavy atom. The van der Waals surface area contributed by atoms with Crippen molar-refractivity contribution in [3.05, 3.63) is 72.9 Å². The van der Waals surface area contributed by atoms with E-state index in [-0.39, 0.29) is 54.6 Å². The summed E-state index contributed by atoms with van der Waals surface area (Å²) in [5, 5.41) is 18.3. The highest BCUT2D eigenvalue weighted by atomic mass is 32.2. The molecule has 0 saturated carbocycles. The van der Waals surface area contributed by atoms with Crippen LogP contribution in [0.4, 0.5) is 33.6 Å². The number of hydrogen-bond acceptors (Lipinski definition) is 14. The van der Waals surface area contributed by atoms with Crippen molar-refractivity contribution >= 4 is 70.3 Å².